The molecule has 0 fully saturated rings. The largest absolute Gasteiger partial charge is 0.378 e. The molecule has 0 heterocycles. The lowest BCUT2D eigenvalue weighted by atomic mass is 10.1. The Bertz CT molecular complexity index is 648. The first kappa shape index (κ1) is 13.0. The highest BCUT2D eigenvalue weighted by Crippen LogP contribution is 2.19. The summed E-state index contributed by atoms with van der Waals surface area (Å²) in [5.41, 5.74) is 0.0727. The molecule has 2 rings (SSSR count). The zero-order valence-electron chi connectivity index (χ0n) is 9.75. The van der Waals surface area contributed by atoms with E-state index in [1.54, 1.807) is 6.07 Å². The molecule has 0 saturated carbocycles. The van der Waals surface area contributed by atoms with E-state index < -0.39 is 17.5 Å². The standard InChI is InChI=1S/C14H9F3N2/c15-11-5-2-6-12(14(11)17)19-8-10-4-1-3-9(7-18)13(10)16/h1-6,19H,8H2. The maximum atomic E-state index is 13.7. The molecule has 2 aromatic carbocycles. The molecule has 2 aromatic rings. The summed E-state index contributed by atoms with van der Waals surface area (Å²) in [6.07, 6.45) is 0. The van der Waals surface area contributed by atoms with Crippen LogP contribution in [0.1, 0.15) is 11.1 Å². The van der Waals surface area contributed by atoms with Crippen LogP contribution in [0.3, 0.4) is 0 Å². The zero-order valence-corrected chi connectivity index (χ0v) is 9.75. The Balaban J connectivity index is 2.20. The first-order valence-electron chi connectivity index (χ1n) is 5.49. The molecule has 19 heavy (non-hydrogen) atoms. The van der Waals surface area contributed by atoms with Crippen molar-refractivity contribution in [3.63, 3.8) is 0 Å². The van der Waals surface area contributed by atoms with E-state index in [4.69, 9.17) is 5.26 Å². The molecule has 0 aliphatic rings. The van der Waals surface area contributed by atoms with Crippen molar-refractivity contribution in [2.75, 3.05) is 5.32 Å². The second-order valence-corrected chi connectivity index (χ2v) is 3.85. The summed E-state index contributed by atoms with van der Waals surface area (Å²) in [4.78, 5) is 0. The number of rotatable bonds is 3. The Kier molecular flexibility index (Phi) is 3.71. The van der Waals surface area contributed by atoms with Gasteiger partial charge in [0.15, 0.2) is 11.6 Å². The molecule has 0 amide bonds. The first-order valence-corrected chi connectivity index (χ1v) is 5.49. The molecular weight excluding hydrogens is 253 g/mol. The van der Waals surface area contributed by atoms with Gasteiger partial charge in [0.1, 0.15) is 11.9 Å². The fraction of sp³-hybridized carbons (Fsp3) is 0.0714. The summed E-state index contributed by atoms with van der Waals surface area (Å²) in [6, 6.07) is 9.77. The Morgan fingerprint density at radius 2 is 1.74 bits per heavy atom. The van der Waals surface area contributed by atoms with Gasteiger partial charge in [0.05, 0.1) is 11.3 Å². The van der Waals surface area contributed by atoms with Gasteiger partial charge < -0.3 is 5.32 Å². The van der Waals surface area contributed by atoms with Gasteiger partial charge in [-0.05, 0) is 18.2 Å². The van der Waals surface area contributed by atoms with Gasteiger partial charge >= 0.3 is 0 Å². The number of nitrogens with zero attached hydrogens (tertiary/aromatic N) is 1. The van der Waals surface area contributed by atoms with Crippen LogP contribution in [-0.2, 0) is 6.54 Å². The maximum Gasteiger partial charge on any atom is 0.181 e. The first-order chi connectivity index (χ1) is 9.13. The normalized spacial score (nSPS) is 10.0. The minimum absolute atomic E-state index is 0.0400. The van der Waals surface area contributed by atoms with Gasteiger partial charge in [0, 0.05) is 12.1 Å². The van der Waals surface area contributed by atoms with E-state index in [2.05, 4.69) is 5.32 Å². The van der Waals surface area contributed by atoms with Gasteiger partial charge in [-0.3, -0.25) is 0 Å². The van der Waals surface area contributed by atoms with Crippen LogP contribution in [0.25, 0.3) is 0 Å². The second kappa shape index (κ2) is 5.44. The summed E-state index contributed by atoms with van der Waals surface area (Å²) in [5, 5.41) is 11.3. The van der Waals surface area contributed by atoms with Crippen molar-refractivity contribution in [2.24, 2.45) is 0 Å². The number of anilines is 1. The molecule has 0 radical (unpaired) electrons. The van der Waals surface area contributed by atoms with Crippen molar-refractivity contribution < 1.29 is 13.2 Å². The molecule has 0 aliphatic heterocycles. The van der Waals surface area contributed by atoms with E-state index in [1.807, 2.05) is 0 Å². The highest BCUT2D eigenvalue weighted by atomic mass is 19.2. The van der Waals surface area contributed by atoms with Crippen molar-refractivity contribution in [3.8, 4) is 6.07 Å². The third kappa shape index (κ3) is 2.68. The van der Waals surface area contributed by atoms with Crippen LogP contribution in [0.2, 0.25) is 0 Å². The Morgan fingerprint density at radius 1 is 1.00 bits per heavy atom. The van der Waals surface area contributed by atoms with Crippen molar-refractivity contribution in [3.05, 3.63) is 65.0 Å². The van der Waals surface area contributed by atoms with Crippen molar-refractivity contribution in [1.82, 2.24) is 0 Å². The van der Waals surface area contributed by atoms with Crippen LogP contribution < -0.4 is 5.32 Å². The molecule has 0 aromatic heterocycles. The van der Waals surface area contributed by atoms with Gasteiger partial charge in [0.25, 0.3) is 0 Å². The predicted molar refractivity (Wildman–Crippen MR) is 64.8 cm³/mol. The number of hydrogen-bond acceptors (Lipinski definition) is 2. The monoisotopic (exact) mass is 262 g/mol. The molecule has 0 spiro atoms. The number of nitriles is 1. The van der Waals surface area contributed by atoms with E-state index in [9.17, 15) is 13.2 Å². The zero-order chi connectivity index (χ0) is 13.8. The molecule has 0 atom stereocenters. The fourth-order valence-corrected chi connectivity index (χ4v) is 1.63. The van der Waals surface area contributed by atoms with Crippen LogP contribution in [0.5, 0.6) is 0 Å². The second-order valence-electron chi connectivity index (χ2n) is 3.85. The van der Waals surface area contributed by atoms with Crippen LogP contribution >= 0.6 is 0 Å². The third-order valence-electron chi connectivity index (χ3n) is 2.62. The topological polar surface area (TPSA) is 35.8 Å². The van der Waals surface area contributed by atoms with Crippen LogP contribution in [0, 0.1) is 28.8 Å². The van der Waals surface area contributed by atoms with Crippen LogP contribution in [0.4, 0.5) is 18.9 Å². The van der Waals surface area contributed by atoms with Gasteiger partial charge in [-0.2, -0.15) is 5.26 Å². The molecule has 0 saturated heterocycles. The minimum Gasteiger partial charge on any atom is -0.378 e. The molecular formula is C14H9F3N2. The lowest BCUT2D eigenvalue weighted by Gasteiger charge is -2.09. The van der Waals surface area contributed by atoms with Crippen molar-refractivity contribution in [1.29, 1.82) is 5.26 Å². The average molecular weight is 262 g/mol. The SMILES string of the molecule is N#Cc1cccc(CNc2cccc(F)c2F)c1F. The van der Waals surface area contributed by atoms with E-state index in [0.29, 0.717) is 0 Å². The van der Waals surface area contributed by atoms with Crippen LogP contribution in [-0.4, -0.2) is 0 Å². The van der Waals surface area contributed by atoms with Crippen LogP contribution in [0.15, 0.2) is 36.4 Å². The molecule has 0 unspecified atom stereocenters. The Morgan fingerprint density at radius 3 is 2.47 bits per heavy atom. The molecule has 5 heteroatoms. The molecule has 1 N–H and O–H groups in total. The predicted octanol–water partition coefficient (Wildman–Crippen LogP) is 3.59. The fourth-order valence-electron chi connectivity index (χ4n) is 1.63. The number of hydrogen-bond donors (Lipinski definition) is 1. The van der Waals surface area contributed by atoms with Gasteiger partial charge in [0.2, 0.25) is 0 Å². The molecule has 0 bridgehead atoms. The number of nitrogens with one attached hydrogen (secondary N) is 1. The smallest absolute Gasteiger partial charge is 0.181 e. The average Bonchev–Trinajstić information content (AvgIpc) is 2.42. The number of halogens is 3. The lowest BCUT2D eigenvalue weighted by Crippen LogP contribution is -2.05. The van der Waals surface area contributed by atoms with Crippen molar-refractivity contribution in [2.45, 2.75) is 6.54 Å². The lowest BCUT2D eigenvalue weighted by molar-refractivity contribution is 0.510. The van der Waals surface area contributed by atoms with E-state index in [-0.39, 0.29) is 23.4 Å². The highest BCUT2D eigenvalue weighted by molar-refractivity contribution is 5.46. The van der Waals surface area contributed by atoms with Crippen molar-refractivity contribution >= 4 is 5.69 Å². The van der Waals surface area contributed by atoms with Gasteiger partial charge in [-0.25, -0.2) is 13.2 Å². The third-order valence-corrected chi connectivity index (χ3v) is 2.62. The summed E-state index contributed by atoms with van der Waals surface area (Å²) in [6.45, 7) is -0.0400. The minimum atomic E-state index is -1.01. The summed E-state index contributed by atoms with van der Waals surface area (Å²) in [5.74, 6) is -2.65. The van der Waals surface area contributed by atoms with E-state index >= 15 is 0 Å². The van der Waals surface area contributed by atoms with E-state index in [0.717, 1.165) is 6.07 Å². The molecule has 2 nitrogen and oxygen atoms in total. The van der Waals surface area contributed by atoms with Gasteiger partial charge in [-0.15, -0.1) is 0 Å². The highest BCUT2D eigenvalue weighted by Gasteiger charge is 2.10. The maximum absolute atomic E-state index is 13.7. The summed E-state index contributed by atoms with van der Waals surface area (Å²) < 4.78 is 40.1. The van der Waals surface area contributed by atoms with Gasteiger partial charge in [-0.1, -0.05) is 18.2 Å². The van der Waals surface area contributed by atoms with E-state index in [1.165, 1.54) is 30.3 Å². The quantitative estimate of drug-likeness (QED) is 0.917. The summed E-state index contributed by atoms with van der Waals surface area (Å²) >= 11 is 0. The molecule has 96 valence electrons. The summed E-state index contributed by atoms with van der Waals surface area (Å²) in [7, 11) is 0. The Labute approximate surface area is 108 Å². The number of benzene rings is 2. The Hall–Kier alpha value is -2.48. The molecule has 0 aliphatic carbocycles.